The third-order valence-electron chi connectivity index (χ3n) is 1.94. The number of benzene rings is 1. The summed E-state index contributed by atoms with van der Waals surface area (Å²) in [5.41, 5.74) is 1.36. The van der Waals surface area contributed by atoms with E-state index in [1.807, 2.05) is 13.0 Å². The van der Waals surface area contributed by atoms with Crippen LogP contribution in [-0.2, 0) is 0 Å². The molecular weight excluding hydrogens is 247 g/mol. The highest BCUT2D eigenvalue weighted by molar-refractivity contribution is 9.10. The lowest BCUT2D eigenvalue weighted by Crippen LogP contribution is -2.01. The Bertz CT molecular complexity index is 465. The van der Waals surface area contributed by atoms with E-state index >= 15 is 0 Å². The Morgan fingerprint density at radius 1 is 1.36 bits per heavy atom. The van der Waals surface area contributed by atoms with Crippen LogP contribution in [0, 0.1) is 12.7 Å². The number of aryl methyl sites for hydroxylation is 1. The van der Waals surface area contributed by atoms with Gasteiger partial charge in [-0.15, -0.1) is 0 Å². The zero-order chi connectivity index (χ0) is 10.1. The van der Waals surface area contributed by atoms with Crippen LogP contribution in [0.15, 0.2) is 34.9 Å². The molecule has 1 heterocycles. The van der Waals surface area contributed by atoms with Gasteiger partial charge in [-0.1, -0.05) is 12.1 Å². The molecule has 2 aromatic rings. The van der Waals surface area contributed by atoms with Crippen LogP contribution in [0.1, 0.15) is 5.69 Å². The topological polar surface area (TPSA) is 17.8 Å². The molecule has 1 aromatic heterocycles. The minimum atomic E-state index is -0.272. The van der Waals surface area contributed by atoms with Gasteiger partial charge in [-0.3, -0.25) is 0 Å². The number of aromatic nitrogens is 2. The molecule has 0 radical (unpaired) electrons. The first-order valence-electron chi connectivity index (χ1n) is 4.15. The van der Waals surface area contributed by atoms with Gasteiger partial charge >= 0.3 is 0 Å². The standard InChI is InChI=1S/C10H8BrFN2/c1-7-6-10(11)13-14(7)9-5-3-2-4-8(9)12/h2-6H,1H3. The highest BCUT2D eigenvalue weighted by Crippen LogP contribution is 2.17. The molecule has 0 aliphatic carbocycles. The van der Waals surface area contributed by atoms with Crippen LogP contribution in [0.4, 0.5) is 4.39 Å². The van der Waals surface area contributed by atoms with E-state index in [1.165, 1.54) is 6.07 Å². The molecule has 1 aromatic carbocycles. The summed E-state index contributed by atoms with van der Waals surface area (Å²) >= 11 is 3.25. The van der Waals surface area contributed by atoms with E-state index in [4.69, 9.17) is 0 Å². The smallest absolute Gasteiger partial charge is 0.148 e. The van der Waals surface area contributed by atoms with Crippen molar-refractivity contribution in [3.8, 4) is 5.69 Å². The summed E-state index contributed by atoms with van der Waals surface area (Å²) in [6, 6.07) is 8.40. The number of hydrogen-bond acceptors (Lipinski definition) is 1. The minimum absolute atomic E-state index is 0.272. The SMILES string of the molecule is Cc1cc(Br)nn1-c1ccccc1F. The first kappa shape index (κ1) is 9.40. The lowest BCUT2D eigenvalue weighted by atomic mass is 10.3. The normalized spacial score (nSPS) is 10.5. The van der Waals surface area contributed by atoms with Crippen LogP contribution in [0.25, 0.3) is 5.69 Å². The lowest BCUT2D eigenvalue weighted by Gasteiger charge is -2.04. The molecule has 0 saturated heterocycles. The Hall–Kier alpha value is -1.16. The van der Waals surface area contributed by atoms with E-state index in [2.05, 4.69) is 21.0 Å². The van der Waals surface area contributed by atoms with Crippen LogP contribution in [-0.4, -0.2) is 9.78 Å². The second-order valence-electron chi connectivity index (χ2n) is 2.97. The number of rotatable bonds is 1. The maximum absolute atomic E-state index is 13.4. The average molecular weight is 255 g/mol. The van der Waals surface area contributed by atoms with Gasteiger partial charge in [-0.25, -0.2) is 9.07 Å². The largest absolute Gasteiger partial charge is 0.234 e. The molecule has 0 aliphatic heterocycles. The van der Waals surface area contributed by atoms with E-state index in [-0.39, 0.29) is 5.82 Å². The Morgan fingerprint density at radius 2 is 2.07 bits per heavy atom. The van der Waals surface area contributed by atoms with Crippen molar-refractivity contribution in [1.82, 2.24) is 9.78 Å². The van der Waals surface area contributed by atoms with Crippen LogP contribution < -0.4 is 0 Å². The Morgan fingerprint density at radius 3 is 2.64 bits per heavy atom. The van der Waals surface area contributed by atoms with Gasteiger partial charge in [0.25, 0.3) is 0 Å². The highest BCUT2D eigenvalue weighted by Gasteiger charge is 2.07. The fourth-order valence-corrected chi connectivity index (χ4v) is 1.79. The van der Waals surface area contributed by atoms with Crippen LogP contribution in [0.5, 0.6) is 0 Å². The zero-order valence-corrected chi connectivity index (χ0v) is 9.12. The summed E-state index contributed by atoms with van der Waals surface area (Å²) < 4.78 is 15.7. The number of halogens is 2. The van der Waals surface area contributed by atoms with Crippen molar-refractivity contribution in [3.05, 3.63) is 46.4 Å². The monoisotopic (exact) mass is 254 g/mol. The van der Waals surface area contributed by atoms with Gasteiger partial charge in [0, 0.05) is 5.69 Å². The third-order valence-corrected chi connectivity index (χ3v) is 2.33. The summed E-state index contributed by atoms with van der Waals surface area (Å²) in [6.07, 6.45) is 0. The Balaban J connectivity index is 2.60. The molecule has 0 bridgehead atoms. The van der Waals surface area contributed by atoms with E-state index < -0.39 is 0 Å². The Labute approximate surface area is 89.5 Å². The highest BCUT2D eigenvalue weighted by atomic mass is 79.9. The fraction of sp³-hybridized carbons (Fsp3) is 0.100. The summed E-state index contributed by atoms with van der Waals surface area (Å²) in [4.78, 5) is 0. The number of para-hydroxylation sites is 1. The van der Waals surface area contributed by atoms with E-state index in [1.54, 1.807) is 22.9 Å². The number of hydrogen-bond donors (Lipinski definition) is 0. The second-order valence-corrected chi connectivity index (χ2v) is 3.78. The molecule has 0 unspecified atom stereocenters. The van der Waals surface area contributed by atoms with Crippen LogP contribution in [0.3, 0.4) is 0 Å². The quantitative estimate of drug-likeness (QED) is 0.765. The summed E-state index contributed by atoms with van der Waals surface area (Å²) in [6.45, 7) is 1.88. The molecule has 0 spiro atoms. The summed E-state index contributed by atoms with van der Waals surface area (Å²) in [7, 11) is 0. The van der Waals surface area contributed by atoms with Crippen molar-refractivity contribution in [2.75, 3.05) is 0 Å². The molecule has 0 fully saturated rings. The van der Waals surface area contributed by atoms with Gasteiger partial charge in [0.1, 0.15) is 16.1 Å². The molecule has 14 heavy (non-hydrogen) atoms. The van der Waals surface area contributed by atoms with Crippen molar-refractivity contribution in [2.24, 2.45) is 0 Å². The van der Waals surface area contributed by atoms with Crippen molar-refractivity contribution in [2.45, 2.75) is 6.92 Å². The van der Waals surface area contributed by atoms with Crippen molar-refractivity contribution >= 4 is 15.9 Å². The van der Waals surface area contributed by atoms with Gasteiger partial charge < -0.3 is 0 Å². The maximum Gasteiger partial charge on any atom is 0.148 e. The van der Waals surface area contributed by atoms with E-state index in [0.29, 0.717) is 10.3 Å². The van der Waals surface area contributed by atoms with Gasteiger partial charge in [0.15, 0.2) is 0 Å². The van der Waals surface area contributed by atoms with Gasteiger partial charge in [0.2, 0.25) is 0 Å². The predicted molar refractivity (Wildman–Crippen MR) is 56.0 cm³/mol. The summed E-state index contributed by atoms with van der Waals surface area (Å²) in [5, 5.41) is 4.13. The molecule has 2 nitrogen and oxygen atoms in total. The molecule has 2 rings (SSSR count). The fourth-order valence-electron chi connectivity index (χ4n) is 1.30. The van der Waals surface area contributed by atoms with E-state index in [0.717, 1.165) is 5.69 Å². The van der Waals surface area contributed by atoms with Crippen molar-refractivity contribution < 1.29 is 4.39 Å². The van der Waals surface area contributed by atoms with Gasteiger partial charge in [-0.05, 0) is 41.1 Å². The van der Waals surface area contributed by atoms with Crippen LogP contribution >= 0.6 is 15.9 Å². The molecular formula is C10H8BrFN2. The van der Waals surface area contributed by atoms with E-state index in [9.17, 15) is 4.39 Å². The molecule has 4 heteroatoms. The molecule has 0 atom stereocenters. The van der Waals surface area contributed by atoms with Gasteiger partial charge in [0.05, 0.1) is 0 Å². The first-order valence-corrected chi connectivity index (χ1v) is 4.95. The number of nitrogens with zero attached hydrogens (tertiary/aromatic N) is 2. The molecule has 0 N–H and O–H groups in total. The first-order chi connectivity index (χ1) is 6.68. The van der Waals surface area contributed by atoms with Crippen molar-refractivity contribution in [3.63, 3.8) is 0 Å². The second kappa shape index (κ2) is 3.53. The van der Waals surface area contributed by atoms with Crippen molar-refractivity contribution in [1.29, 1.82) is 0 Å². The van der Waals surface area contributed by atoms with Crippen LogP contribution in [0.2, 0.25) is 0 Å². The third kappa shape index (κ3) is 1.57. The lowest BCUT2D eigenvalue weighted by molar-refractivity contribution is 0.608. The molecule has 0 aliphatic rings. The average Bonchev–Trinajstić information content (AvgIpc) is 2.46. The molecule has 72 valence electrons. The summed E-state index contributed by atoms with van der Waals surface area (Å²) in [5.74, 6) is -0.272. The van der Waals surface area contributed by atoms with Gasteiger partial charge in [-0.2, -0.15) is 5.10 Å². The molecule has 0 saturated carbocycles. The zero-order valence-electron chi connectivity index (χ0n) is 7.54. The molecule has 0 amide bonds. The Kier molecular flexibility index (Phi) is 2.37. The predicted octanol–water partition coefficient (Wildman–Crippen LogP) is 3.08. The maximum atomic E-state index is 13.4. The minimum Gasteiger partial charge on any atom is -0.234 e.